The summed E-state index contributed by atoms with van der Waals surface area (Å²) in [6.45, 7) is 2.49. The first kappa shape index (κ1) is 22.8. The van der Waals surface area contributed by atoms with Crippen LogP contribution in [0.3, 0.4) is 0 Å². The van der Waals surface area contributed by atoms with Gasteiger partial charge >= 0.3 is 0 Å². The van der Waals surface area contributed by atoms with Gasteiger partial charge in [0, 0.05) is 25.6 Å². The minimum Gasteiger partial charge on any atom is -0.385 e. The molecule has 1 atom stereocenters. The summed E-state index contributed by atoms with van der Waals surface area (Å²) in [5.41, 5.74) is 1.07. The van der Waals surface area contributed by atoms with Crippen molar-refractivity contribution in [1.82, 2.24) is 5.32 Å². The summed E-state index contributed by atoms with van der Waals surface area (Å²) in [6.07, 6.45) is 0.659. The van der Waals surface area contributed by atoms with Gasteiger partial charge in [0.1, 0.15) is 6.04 Å². The molecule has 9 heteroatoms. The van der Waals surface area contributed by atoms with E-state index in [-0.39, 0.29) is 10.8 Å². The van der Waals surface area contributed by atoms with E-state index in [2.05, 4.69) is 10.6 Å². The minimum atomic E-state index is -3.90. The number of sulfonamides is 1. The van der Waals surface area contributed by atoms with Crippen LogP contribution in [0.1, 0.15) is 23.7 Å². The normalized spacial score (nSPS) is 14.8. The maximum atomic E-state index is 13.3. The van der Waals surface area contributed by atoms with Crippen LogP contribution in [0.25, 0.3) is 10.8 Å². The number of carbonyl (C=O) groups excluding carboxylic acids is 2. The molecule has 0 radical (unpaired) electrons. The van der Waals surface area contributed by atoms with Crippen molar-refractivity contribution in [3.05, 3.63) is 66.2 Å². The molecule has 0 aromatic heterocycles. The van der Waals surface area contributed by atoms with Gasteiger partial charge in [0.15, 0.2) is 0 Å². The fourth-order valence-corrected chi connectivity index (χ4v) is 5.85. The van der Waals surface area contributed by atoms with Crippen LogP contribution in [-0.4, -0.2) is 46.5 Å². The van der Waals surface area contributed by atoms with Crippen LogP contribution in [0, 0.1) is 0 Å². The Morgan fingerprint density at radius 1 is 1.03 bits per heavy atom. The molecule has 0 saturated carbocycles. The van der Waals surface area contributed by atoms with E-state index in [1.54, 1.807) is 55.6 Å². The van der Waals surface area contributed by atoms with E-state index >= 15 is 0 Å². The van der Waals surface area contributed by atoms with Crippen molar-refractivity contribution in [3.63, 3.8) is 0 Å². The number of hydrogen-bond acceptors (Lipinski definition) is 5. The highest BCUT2D eigenvalue weighted by molar-refractivity contribution is 7.93. The third kappa shape index (κ3) is 4.17. The van der Waals surface area contributed by atoms with Gasteiger partial charge in [0.2, 0.25) is 5.91 Å². The Hall–Kier alpha value is -3.43. The Morgan fingerprint density at radius 2 is 1.76 bits per heavy atom. The van der Waals surface area contributed by atoms with Gasteiger partial charge in [-0.05, 0) is 43.0 Å². The molecule has 8 nitrogen and oxygen atoms in total. The van der Waals surface area contributed by atoms with Gasteiger partial charge in [-0.1, -0.05) is 36.4 Å². The van der Waals surface area contributed by atoms with E-state index in [0.717, 1.165) is 9.69 Å². The van der Waals surface area contributed by atoms with E-state index < -0.39 is 22.0 Å². The quantitative estimate of drug-likeness (QED) is 0.495. The Morgan fingerprint density at radius 3 is 2.52 bits per heavy atom. The zero-order chi connectivity index (χ0) is 23.6. The number of anilines is 2. The molecule has 0 bridgehead atoms. The number of benzene rings is 3. The molecule has 1 heterocycles. The Kier molecular flexibility index (Phi) is 6.35. The molecule has 3 aromatic rings. The van der Waals surface area contributed by atoms with E-state index in [4.69, 9.17) is 4.74 Å². The predicted octanol–water partition coefficient (Wildman–Crippen LogP) is 3.14. The molecule has 0 saturated heterocycles. The maximum absolute atomic E-state index is 13.3. The van der Waals surface area contributed by atoms with Crippen LogP contribution in [0.2, 0.25) is 0 Å². The second-order valence-corrected chi connectivity index (χ2v) is 9.53. The molecular formula is C24H25N3O5S. The fourth-order valence-electron chi connectivity index (χ4n) is 3.99. The summed E-state index contributed by atoms with van der Waals surface area (Å²) in [7, 11) is -2.31. The lowest BCUT2D eigenvalue weighted by Gasteiger charge is -2.25. The van der Waals surface area contributed by atoms with Crippen molar-refractivity contribution < 1.29 is 22.7 Å². The molecule has 1 aliphatic heterocycles. The van der Waals surface area contributed by atoms with Crippen LogP contribution < -0.4 is 14.9 Å². The molecular weight excluding hydrogens is 442 g/mol. The smallest absolute Gasteiger partial charge is 0.265 e. The van der Waals surface area contributed by atoms with Crippen LogP contribution in [0.5, 0.6) is 0 Å². The molecule has 0 unspecified atom stereocenters. The molecule has 0 fully saturated rings. The molecule has 172 valence electrons. The van der Waals surface area contributed by atoms with E-state index in [1.807, 2.05) is 12.1 Å². The number of nitrogens with zero attached hydrogens (tertiary/aromatic N) is 1. The monoisotopic (exact) mass is 467 g/mol. The summed E-state index contributed by atoms with van der Waals surface area (Å²) >= 11 is 0. The number of amides is 2. The first-order valence-electron chi connectivity index (χ1n) is 10.6. The number of nitrogens with one attached hydrogen (secondary N) is 2. The highest BCUT2D eigenvalue weighted by Crippen LogP contribution is 2.43. The molecule has 2 amide bonds. The van der Waals surface area contributed by atoms with E-state index in [0.29, 0.717) is 41.9 Å². The second kappa shape index (κ2) is 9.21. The summed E-state index contributed by atoms with van der Waals surface area (Å²) < 4.78 is 32.7. The SMILES string of the molecule is COCCCNC(=O)c1ccccc1NC(=O)[C@@H](C)N1c2cccc3cccc(c23)S1(=O)=O. The lowest BCUT2D eigenvalue weighted by Crippen LogP contribution is -2.44. The molecule has 0 aliphatic carbocycles. The molecule has 4 rings (SSSR count). The minimum absolute atomic E-state index is 0.186. The Bertz CT molecular complexity index is 1320. The zero-order valence-corrected chi connectivity index (χ0v) is 19.2. The largest absolute Gasteiger partial charge is 0.385 e. The van der Waals surface area contributed by atoms with Gasteiger partial charge in [0.05, 0.1) is 21.8 Å². The summed E-state index contributed by atoms with van der Waals surface area (Å²) in [4.78, 5) is 26.0. The van der Waals surface area contributed by atoms with Crippen LogP contribution >= 0.6 is 0 Å². The molecule has 2 N–H and O–H groups in total. The summed E-state index contributed by atoms with van der Waals surface area (Å²) in [6, 6.07) is 16.0. The molecule has 3 aromatic carbocycles. The van der Waals surface area contributed by atoms with Crippen molar-refractivity contribution in [3.8, 4) is 0 Å². The van der Waals surface area contributed by atoms with Gasteiger partial charge in [0.25, 0.3) is 15.9 Å². The van der Waals surface area contributed by atoms with Crippen LogP contribution in [-0.2, 0) is 19.6 Å². The second-order valence-electron chi connectivity index (χ2n) is 7.75. The van der Waals surface area contributed by atoms with E-state index in [1.165, 1.54) is 6.92 Å². The predicted molar refractivity (Wildman–Crippen MR) is 127 cm³/mol. The third-order valence-electron chi connectivity index (χ3n) is 5.59. The number of ether oxygens (including phenoxy) is 1. The zero-order valence-electron chi connectivity index (χ0n) is 18.4. The van der Waals surface area contributed by atoms with Gasteiger partial charge < -0.3 is 15.4 Å². The number of para-hydroxylation sites is 1. The molecule has 0 spiro atoms. The average molecular weight is 468 g/mol. The highest BCUT2D eigenvalue weighted by Gasteiger charge is 2.41. The first-order valence-corrected chi connectivity index (χ1v) is 12.0. The van der Waals surface area contributed by atoms with Crippen molar-refractivity contribution in [2.24, 2.45) is 0 Å². The lowest BCUT2D eigenvalue weighted by molar-refractivity contribution is -0.116. The Labute approximate surface area is 192 Å². The molecule has 33 heavy (non-hydrogen) atoms. The first-order chi connectivity index (χ1) is 15.9. The standard InChI is InChI=1S/C24H25N3O5S/c1-16(27-20-12-5-8-17-9-6-13-21(22(17)20)33(27,30)31)23(28)26-19-11-4-3-10-18(19)24(29)25-14-7-15-32-2/h3-6,8-13,16H,7,14-15H2,1-2H3,(H,25,29)(H,26,28)/t16-/m1/s1. The topological polar surface area (TPSA) is 105 Å². The van der Waals surface area contributed by atoms with Crippen molar-refractivity contribution in [1.29, 1.82) is 0 Å². The number of methoxy groups -OCH3 is 1. The molecule has 1 aliphatic rings. The maximum Gasteiger partial charge on any atom is 0.265 e. The summed E-state index contributed by atoms with van der Waals surface area (Å²) in [5, 5.41) is 6.93. The fraction of sp³-hybridized carbons (Fsp3) is 0.250. The van der Waals surface area contributed by atoms with Crippen molar-refractivity contribution in [2.75, 3.05) is 29.9 Å². The van der Waals surface area contributed by atoms with Crippen LogP contribution in [0.4, 0.5) is 11.4 Å². The van der Waals surface area contributed by atoms with Gasteiger partial charge in [-0.3, -0.25) is 13.9 Å². The number of rotatable bonds is 8. The number of hydrogen-bond donors (Lipinski definition) is 2. The van der Waals surface area contributed by atoms with Crippen LogP contribution in [0.15, 0.2) is 65.6 Å². The lowest BCUT2D eigenvalue weighted by atomic mass is 10.1. The highest BCUT2D eigenvalue weighted by atomic mass is 32.2. The van der Waals surface area contributed by atoms with Gasteiger partial charge in [-0.15, -0.1) is 0 Å². The third-order valence-corrected chi connectivity index (χ3v) is 7.52. The van der Waals surface area contributed by atoms with Gasteiger partial charge in [-0.2, -0.15) is 0 Å². The van der Waals surface area contributed by atoms with Gasteiger partial charge in [-0.25, -0.2) is 8.42 Å². The van der Waals surface area contributed by atoms with Crippen molar-refractivity contribution >= 4 is 44.0 Å². The average Bonchev–Trinajstić information content (AvgIpc) is 3.04. The van der Waals surface area contributed by atoms with E-state index in [9.17, 15) is 18.0 Å². The van der Waals surface area contributed by atoms with Crippen molar-refractivity contribution in [2.45, 2.75) is 24.3 Å². The number of carbonyl (C=O) groups is 2. The summed E-state index contributed by atoms with van der Waals surface area (Å²) in [5.74, 6) is -0.872. The Balaban J connectivity index is 1.58.